The summed E-state index contributed by atoms with van der Waals surface area (Å²) in [5.74, 6) is -3.20. The first-order valence-corrected chi connectivity index (χ1v) is 6.64. The number of nitrogens with one attached hydrogen (secondary N) is 2. The van der Waals surface area contributed by atoms with Gasteiger partial charge in [-0.25, -0.2) is 4.39 Å². The average molecular weight is 299 g/mol. The Bertz CT molecular complexity index is 560. The first-order valence-electron chi connectivity index (χ1n) is 6.64. The molecule has 1 aliphatic heterocycles. The highest BCUT2D eigenvalue weighted by Gasteiger charge is 2.24. The molecule has 1 saturated heterocycles. The van der Waals surface area contributed by atoms with Crippen LogP contribution in [0.3, 0.4) is 0 Å². The number of nitro groups is 1. The minimum absolute atomic E-state index is 0.292. The van der Waals surface area contributed by atoms with Gasteiger partial charge >= 0.3 is 5.69 Å². The summed E-state index contributed by atoms with van der Waals surface area (Å²) in [5.41, 5.74) is -1.70. The van der Waals surface area contributed by atoms with Crippen molar-refractivity contribution in [3.05, 3.63) is 39.4 Å². The van der Waals surface area contributed by atoms with Gasteiger partial charge in [0.15, 0.2) is 0 Å². The van der Waals surface area contributed by atoms with E-state index in [-0.39, 0.29) is 0 Å². The largest absolute Gasteiger partial charge is 0.352 e. The molecule has 1 amide bonds. The lowest BCUT2D eigenvalue weighted by Crippen LogP contribution is -2.31. The number of hydrogen-bond acceptors (Lipinski definition) is 4. The molecule has 1 fully saturated rings. The van der Waals surface area contributed by atoms with E-state index in [2.05, 4.69) is 10.6 Å². The molecule has 2 rings (SSSR count). The molecule has 1 atom stereocenters. The van der Waals surface area contributed by atoms with E-state index < -0.39 is 33.7 Å². The molecule has 0 aromatic heterocycles. The van der Waals surface area contributed by atoms with Crippen molar-refractivity contribution in [2.75, 3.05) is 13.1 Å². The fourth-order valence-corrected chi connectivity index (χ4v) is 2.33. The summed E-state index contributed by atoms with van der Waals surface area (Å²) in [7, 11) is 0. The number of hydrogen-bond donors (Lipinski definition) is 2. The maximum atomic E-state index is 13.8. The second-order valence-corrected chi connectivity index (χ2v) is 4.88. The van der Waals surface area contributed by atoms with Gasteiger partial charge in [0.2, 0.25) is 5.82 Å². The van der Waals surface area contributed by atoms with E-state index in [1.807, 2.05) is 0 Å². The van der Waals surface area contributed by atoms with Gasteiger partial charge < -0.3 is 10.6 Å². The van der Waals surface area contributed by atoms with E-state index in [1.54, 1.807) is 0 Å². The number of benzene rings is 1. The van der Waals surface area contributed by atoms with Crippen molar-refractivity contribution in [2.24, 2.45) is 0 Å². The smallest absolute Gasteiger partial charge is 0.308 e. The van der Waals surface area contributed by atoms with E-state index in [0.29, 0.717) is 31.1 Å². The van der Waals surface area contributed by atoms with Gasteiger partial charge in [0.05, 0.1) is 16.6 Å². The minimum atomic E-state index is -1.32. The first-order chi connectivity index (χ1) is 9.99. The Morgan fingerprint density at radius 1 is 1.48 bits per heavy atom. The number of rotatable bonds is 5. The van der Waals surface area contributed by atoms with Crippen LogP contribution in [0.15, 0.2) is 12.1 Å². The van der Waals surface area contributed by atoms with Gasteiger partial charge in [0, 0.05) is 12.6 Å². The zero-order valence-electron chi connectivity index (χ0n) is 11.2. The van der Waals surface area contributed by atoms with Crippen LogP contribution in [0.25, 0.3) is 0 Å². The highest BCUT2D eigenvalue weighted by molar-refractivity contribution is 5.95. The Labute approximate surface area is 119 Å². The zero-order valence-corrected chi connectivity index (χ0v) is 11.2. The number of nitro benzene ring substituents is 1. The second-order valence-electron chi connectivity index (χ2n) is 4.88. The molecule has 1 aromatic rings. The van der Waals surface area contributed by atoms with E-state index in [4.69, 9.17) is 0 Å². The first kappa shape index (κ1) is 15.3. The highest BCUT2D eigenvalue weighted by Crippen LogP contribution is 2.22. The summed E-state index contributed by atoms with van der Waals surface area (Å²) in [6.45, 7) is 1.23. The lowest BCUT2D eigenvalue weighted by Gasteiger charge is -2.11. The Balaban J connectivity index is 2.02. The second kappa shape index (κ2) is 6.57. The van der Waals surface area contributed by atoms with E-state index in [0.717, 1.165) is 19.4 Å². The predicted octanol–water partition coefficient (Wildman–Crippen LogP) is 1.74. The van der Waals surface area contributed by atoms with Crippen molar-refractivity contribution in [3.63, 3.8) is 0 Å². The molecule has 0 aliphatic carbocycles. The van der Waals surface area contributed by atoms with E-state index >= 15 is 0 Å². The van der Waals surface area contributed by atoms with Crippen LogP contribution < -0.4 is 10.6 Å². The number of carbonyl (C=O) groups excluding carboxylic acids is 1. The van der Waals surface area contributed by atoms with Crippen LogP contribution in [0.4, 0.5) is 14.5 Å². The molecular formula is C13H15F2N3O3. The van der Waals surface area contributed by atoms with Crippen LogP contribution in [-0.4, -0.2) is 30.0 Å². The van der Waals surface area contributed by atoms with Crippen molar-refractivity contribution in [1.29, 1.82) is 0 Å². The van der Waals surface area contributed by atoms with Gasteiger partial charge in [0.1, 0.15) is 5.82 Å². The molecule has 1 aliphatic rings. The van der Waals surface area contributed by atoms with Crippen LogP contribution in [0.2, 0.25) is 0 Å². The maximum Gasteiger partial charge on any atom is 0.308 e. The quantitative estimate of drug-likeness (QED) is 0.641. The summed E-state index contributed by atoms with van der Waals surface area (Å²) < 4.78 is 27.0. The van der Waals surface area contributed by atoms with Crippen molar-refractivity contribution in [3.8, 4) is 0 Å². The number of amides is 1. The highest BCUT2D eigenvalue weighted by atomic mass is 19.1. The molecule has 0 spiro atoms. The third-order valence-corrected chi connectivity index (χ3v) is 3.40. The minimum Gasteiger partial charge on any atom is -0.352 e. The third kappa shape index (κ3) is 3.72. The van der Waals surface area contributed by atoms with Crippen LogP contribution in [0.5, 0.6) is 0 Å². The Morgan fingerprint density at radius 2 is 2.24 bits per heavy atom. The summed E-state index contributed by atoms with van der Waals surface area (Å²) in [4.78, 5) is 21.3. The number of nitrogens with zero attached hydrogens (tertiary/aromatic N) is 1. The fraction of sp³-hybridized carbons (Fsp3) is 0.462. The molecular weight excluding hydrogens is 284 g/mol. The van der Waals surface area contributed by atoms with Crippen molar-refractivity contribution < 1.29 is 18.5 Å². The zero-order chi connectivity index (χ0) is 15.4. The van der Waals surface area contributed by atoms with Crippen molar-refractivity contribution >= 4 is 11.6 Å². The molecule has 8 heteroatoms. The lowest BCUT2D eigenvalue weighted by atomic mass is 10.1. The van der Waals surface area contributed by atoms with Gasteiger partial charge in [-0.1, -0.05) is 0 Å². The third-order valence-electron chi connectivity index (χ3n) is 3.40. The normalized spacial score (nSPS) is 17.7. The Kier molecular flexibility index (Phi) is 4.79. The van der Waals surface area contributed by atoms with Crippen LogP contribution in [0.1, 0.15) is 29.6 Å². The average Bonchev–Trinajstić information content (AvgIpc) is 2.93. The molecule has 114 valence electrons. The van der Waals surface area contributed by atoms with Gasteiger partial charge in [0.25, 0.3) is 5.91 Å². The van der Waals surface area contributed by atoms with Crippen molar-refractivity contribution in [2.45, 2.75) is 25.3 Å². The molecule has 1 aromatic carbocycles. The molecule has 21 heavy (non-hydrogen) atoms. The topological polar surface area (TPSA) is 84.3 Å². The summed E-state index contributed by atoms with van der Waals surface area (Å²) in [5, 5.41) is 16.3. The van der Waals surface area contributed by atoms with Gasteiger partial charge in [-0.05, 0) is 31.9 Å². The summed E-state index contributed by atoms with van der Waals surface area (Å²) in [6, 6.07) is 1.41. The standard InChI is InChI=1S/C13H15F2N3O3/c14-8-6-10(12(15)11(7-8)18(20)21)13(19)17-5-3-9-2-1-4-16-9/h6-7,9,16H,1-5H2,(H,17,19)/t9-/m0/s1. The van der Waals surface area contributed by atoms with E-state index in [9.17, 15) is 23.7 Å². The molecule has 0 radical (unpaired) electrons. The number of carbonyl (C=O) groups is 1. The summed E-state index contributed by atoms with van der Waals surface area (Å²) >= 11 is 0. The molecule has 1 heterocycles. The predicted molar refractivity (Wildman–Crippen MR) is 71.0 cm³/mol. The van der Waals surface area contributed by atoms with Gasteiger partial charge in [-0.2, -0.15) is 4.39 Å². The van der Waals surface area contributed by atoms with Crippen molar-refractivity contribution in [1.82, 2.24) is 10.6 Å². The Morgan fingerprint density at radius 3 is 2.86 bits per heavy atom. The molecule has 2 N–H and O–H groups in total. The molecule has 0 bridgehead atoms. The number of halogens is 2. The fourth-order valence-electron chi connectivity index (χ4n) is 2.33. The van der Waals surface area contributed by atoms with Gasteiger partial charge in [-0.3, -0.25) is 14.9 Å². The Hall–Kier alpha value is -2.09. The SMILES string of the molecule is O=C(NCC[C@@H]1CCCN1)c1cc(F)cc([N+](=O)[O-])c1F. The van der Waals surface area contributed by atoms with Gasteiger partial charge in [-0.15, -0.1) is 0 Å². The molecule has 0 saturated carbocycles. The maximum absolute atomic E-state index is 13.8. The molecule has 0 unspecified atom stereocenters. The van der Waals surface area contributed by atoms with Crippen LogP contribution in [-0.2, 0) is 0 Å². The van der Waals surface area contributed by atoms with E-state index in [1.165, 1.54) is 0 Å². The lowest BCUT2D eigenvalue weighted by molar-refractivity contribution is -0.387. The monoisotopic (exact) mass is 299 g/mol. The van der Waals surface area contributed by atoms with Crippen LogP contribution >= 0.6 is 0 Å². The molecule has 6 nitrogen and oxygen atoms in total. The summed E-state index contributed by atoms with van der Waals surface area (Å²) in [6.07, 6.45) is 2.75. The van der Waals surface area contributed by atoms with Crippen LogP contribution in [0, 0.1) is 21.7 Å².